The lowest BCUT2D eigenvalue weighted by atomic mass is 10.00. The highest BCUT2D eigenvalue weighted by atomic mass is 16.5. The SMILES string of the molecule is COCCn1cc(NCc2c(C)cc(C)cc2C)cn1. The lowest BCUT2D eigenvalue weighted by Crippen LogP contribution is -2.05. The van der Waals surface area contributed by atoms with Crippen molar-refractivity contribution in [3.63, 3.8) is 0 Å². The van der Waals surface area contributed by atoms with Crippen molar-refractivity contribution in [1.82, 2.24) is 9.78 Å². The van der Waals surface area contributed by atoms with E-state index in [4.69, 9.17) is 4.74 Å². The van der Waals surface area contributed by atoms with Crippen LogP contribution in [0.2, 0.25) is 0 Å². The predicted octanol–water partition coefficient (Wildman–Crippen LogP) is 3.07. The number of rotatable bonds is 6. The van der Waals surface area contributed by atoms with Gasteiger partial charge in [0.15, 0.2) is 0 Å². The third-order valence-corrected chi connectivity index (χ3v) is 3.47. The Kier molecular flexibility index (Phi) is 4.79. The van der Waals surface area contributed by atoms with Crippen molar-refractivity contribution < 1.29 is 4.74 Å². The fourth-order valence-corrected chi connectivity index (χ4v) is 2.44. The van der Waals surface area contributed by atoms with Crippen LogP contribution >= 0.6 is 0 Å². The summed E-state index contributed by atoms with van der Waals surface area (Å²) in [4.78, 5) is 0. The van der Waals surface area contributed by atoms with Gasteiger partial charge in [-0.2, -0.15) is 5.10 Å². The maximum atomic E-state index is 5.05. The van der Waals surface area contributed by atoms with E-state index in [-0.39, 0.29) is 0 Å². The molecule has 0 spiro atoms. The Morgan fingerprint density at radius 1 is 1.20 bits per heavy atom. The van der Waals surface area contributed by atoms with Gasteiger partial charge >= 0.3 is 0 Å². The molecule has 108 valence electrons. The van der Waals surface area contributed by atoms with E-state index in [1.807, 2.05) is 17.1 Å². The first-order valence-corrected chi connectivity index (χ1v) is 6.92. The normalized spacial score (nSPS) is 10.8. The van der Waals surface area contributed by atoms with Gasteiger partial charge in [0.2, 0.25) is 0 Å². The molecule has 2 aromatic rings. The molecule has 1 N–H and O–H groups in total. The minimum Gasteiger partial charge on any atom is -0.383 e. The molecule has 4 heteroatoms. The van der Waals surface area contributed by atoms with Crippen LogP contribution in [0, 0.1) is 20.8 Å². The standard InChI is InChI=1S/C16H23N3O/c1-12-7-13(2)16(14(3)8-12)10-17-15-9-18-19(11-15)5-6-20-4/h7-9,11,17H,5-6,10H2,1-4H3. The van der Waals surface area contributed by atoms with E-state index < -0.39 is 0 Å². The van der Waals surface area contributed by atoms with Gasteiger partial charge in [0.25, 0.3) is 0 Å². The first kappa shape index (κ1) is 14.6. The van der Waals surface area contributed by atoms with Gasteiger partial charge in [0, 0.05) is 19.9 Å². The highest BCUT2D eigenvalue weighted by Gasteiger charge is 2.04. The maximum absolute atomic E-state index is 5.05. The molecule has 20 heavy (non-hydrogen) atoms. The molecule has 0 unspecified atom stereocenters. The molecule has 0 amide bonds. The summed E-state index contributed by atoms with van der Waals surface area (Å²) in [6, 6.07) is 4.46. The summed E-state index contributed by atoms with van der Waals surface area (Å²) in [5.74, 6) is 0. The van der Waals surface area contributed by atoms with Crippen LogP contribution in [-0.4, -0.2) is 23.5 Å². The minimum absolute atomic E-state index is 0.678. The van der Waals surface area contributed by atoms with Crippen LogP contribution in [0.1, 0.15) is 22.3 Å². The molecule has 1 aromatic carbocycles. The van der Waals surface area contributed by atoms with E-state index in [0.29, 0.717) is 6.61 Å². The van der Waals surface area contributed by atoms with Crippen molar-refractivity contribution in [3.8, 4) is 0 Å². The van der Waals surface area contributed by atoms with Gasteiger partial charge < -0.3 is 10.1 Å². The van der Waals surface area contributed by atoms with E-state index in [9.17, 15) is 0 Å². The number of aromatic nitrogens is 2. The Balaban J connectivity index is 2.00. The molecule has 0 saturated carbocycles. The summed E-state index contributed by atoms with van der Waals surface area (Å²) < 4.78 is 6.94. The van der Waals surface area contributed by atoms with Gasteiger partial charge in [-0.15, -0.1) is 0 Å². The predicted molar refractivity (Wildman–Crippen MR) is 82.1 cm³/mol. The van der Waals surface area contributed by atoms with Gasteiger partial charge in [-0.25, -0.2) is 0 Å². The molecule has 0 saturated heterocycles. The monoisotopic (exact) mass is 273 g/mol. The molecule has 1 heterocycles. The van der Waals surface area contributed by atoms with Crippen LogP contribution in [0.3, 0.4) is 0 Å². The number of hydrogen-bond acceptors (Lipinski definition) is 3. The second-order valence-electron chi connectivity index (χ2n) is 5.22. The molecule has 0 fully saturated rings. The fourth-order valence-electron chi connectivity index (χ4n) is 2.44. The quantitative estimate of drug-likeness (QED) is 0.879. The van der Waals surface area contributed by atoms with E-state index in [2.05, 4.69) is 43.3 Å². The van der Waals surface area contributed by atoms with E-state index in [1.165, 1.54) is 22.3 Å². The maximum Gasteiger partial charge on any atom is 0.0729 e. The molecule has 0 bridgehead atoms. The van der Waals surface area contributed by atoms with Crippen LogP contribution in [0.25, 0.3) is 0 Å². The molecular formula is C16H23N3O. The third-order valence-electron chi connectivity index (χ3n) is 3.47. The molecule has 0 radical (unpaired) electrons. The Morgan fingerprint density at radius 2 is 1.90 bits per heavy atom. The molecule has 0 aliphatic heterocycles. The summed E-state index contributed by atoms with van der Waals surface area (Å²) in [6.07, 6.45) is 3.87. The van der Waals surface area contributed by atoms with Gasteiger partial charge in [0.1, 0.15) is 0 Å². The second kappa shape index (κ2) is 6.57. The summed E-state index contributed by atoms with van der Waals surface area (Å²) >= 11 is 0. The lowest BCUT2D eigenvalue weighted by Gasteiger charge is -2.12. The zero-order valence-electron chi connectivity index (χ0n) is 12.7. The number of methoxy groups -OCH3 is 1. The van der Waals surface area contributed by atoms with Crippen LogP contribution < -0.4 is 5.32 Å². The van der Waals surface area contributed by atoms with Gasteiger partial charge in [-0.05, 0) is 37.5 Å². The highest BCUT2D eigenvalue weighted by Crippen LogP contribution is 2.18. The zero-order valence-corrected chi connectivity index (χ0v) is 12.7. The van der Waals surface area contributed by atoms with Crippen molar-refractivity contribution in [3.05, 3.63) is 46.8 Å². The molecule has 0 atom stereocenters. The second-order valence-corrected chi connectivity index (χ2v) is 5.22. The Bertz CT molecular complexity index is 552. The van der Waals surface area contributed by atoms with Gasteiger partial charge in [-0.1, -0.05) is 17.7 Å². The number of aryl methyl sites for hydroxylation is 3. The smallest absolute Gasteiger partial charge is 0.0729 e. The van der Waals surface area contributed by atoms with Crippen molar-refractivity contribution in [2.75, 3.05) is 19.0 Å². The highest BCUT2D eigenvalue weighted by molar-refractivity contribution is 5.43. The summed E-state index contributed by atoms with van der Waals surface area (Å²) in [5, 5.41) is 7.73. The lowest BCUT2D eigenvalue weighted by molar-refractivity contribution is 0.183. The van der Waals surface area contributed by atoms with Crippen LogP contribution in [0.4, 0.5) is 5.69 Å². The largest absolute Gasteiger partial charge is 0.383 e. The fraction of sp³-hybridized carbons (Fsp3) is 0.438. The summed E-state index contributed by atoms with van der Waals surface area (Å²) in [6.45, 7) is 8.75. The number of nitrogens with one attached hydrogen (secondary N) is 1. The molecule has 1 aromatic heterocycles. The van der Waals surface area contributed by atoms with Crippen LogP contribution in [-0.2, 0) is 17.8 Å². The molecule has 0 aliphatic rings. The topological polar surface area (TPSA) is 39.1 Å². The average Bonchev–Trinajstić information content (AvgIpc) is 2.83. The van der Waals surface area contributed by atoms with E-state index >= 15 is 0 Å². The molecule has 4 nitrogen and oxygen atoms in total. The van der Waals surface area contributed by atoms with E-state index in [0.717, 1.165) is 18.8 Å². The first-order chi connectivity index (χ1) is 9.60. The van der Waals surface area contributed by atoms with Crippen molar-refractivity contribution in [1.29, 1.82) is 0 Å². The summed E-state index contributed by atoms with van der Waals surface area (Å²) in [7, 11) is 1.70. The number of ether oxygens (including phenoxy) is 1. The Labute approximate surface area is 120 Å². The van der Waals surface area contributed by atoms with Crippen LogP contribution in [0.15, 0.2) is 24.5 Å². The first-order valence-electron chi connectivity index (χ1n) is 6.92. The van der Waals surface area contributed by atoms with Crippen molar-refractivity contribution in [2.45, 2.75) is 33.9 Å². The average molecular weight is 273 g/mol. The summed E-state index contributed by atoms with van der Waals surface area (Å²) in [5.41, 5.74) is 6.39. The minimum atomic E-state index is 0.678. The molecule has 0 aliphatic carbocycles. The number of anilines is 1. The van der Waals surface area contributed by atoms with Gasteiger partial charge in [0.05, 0.1) is 25.0 Å². The number of benzene rings is 1. The number of nitrogens with zero attached hydrogens (tertiary/aromatic N) is 2. The Morgan fingerprint density at radius 3 is 2.55 bits per heavy atom. The third kappa shape index (κ3) is 3.61. The van der Waals surface area contributed by atoms with Crippen LogP contribution in [0.5, 0.6) is 0 Å². The number of hydrogen-bond donors (Lipinski definition) is 1. The van der Waals surface area contributed by atoms with Crippen molar-refractivity contribution >= 4 is 5.69 Å². The molecular weight excluding hydrogens is 250 g/mol. The van der Waals surface area contributed by atoms with E-state index in [1.54, 1.807) is 7.11 Å². The molecule has 2 rings (SSSR count). The Hall–Kier alpha value is -1.81. The zero-order chi connectivity index (χ0) is 14.5. The van der Waals surface area contributed by atoms with Crippen molar-refractivity contribution in [2.24, 2.45) is 0 Å². The van der Waals surface area contributed by atoms with Gasteiger partial charge in [-0.3, -0.25) is 4.68 Å².